The monoisotopic (exact) mass is 311 g/mol. The van der Waals surface area contributed by atoms with Crippen molar-refractivity contribution in [2.45, 2.75) is 32.0 Å². The normalized spacial score (nSPS) is 17.1. The van der Waals surface area contributed by atoms with Gasteiger partial charge < -0.3 is 15.4 Å². The molecule has 1 fully saturated rings. The van der Waals surface area contributed by atoms with Gasteiger partial charge in [-0.15, -0.1) is 0 Å². The van der Waals surface area contributed by atoms with E-state index >= 15 is 0 Å². The maximum Gasteiger partial charge on any atom is 0.253 e. The first kappa shape index (κ1) is 15.6. The van der Waals surface area contributed by atoms with Crippen LogP contribution in [0.25, 0.3) is 0 Å². The van der Waals surface area contributed by atoms with E-state index in [2.05, 4.69) is 15.6 Å². The van der Waals surface area contributed by atoms with Crippen LogP contribution in [0.1, 0.15) is 24.0 Å². The standard InChI is InChI=1S/C18H21N3O2/c22-18(17-7-3-9-23-17)21-16-6-1-4-14(10-16)11-20-13-15-5-2-8-19-12-15/h1-2,4-6,8,10,12,17,20H,3,7,9,11,13H2,(H,21,22). The van der Waals surface area contributed by atoms with Crippen molar-refractivity contribution in [3.8, 4) is 0 Å². The lowest BCUT2D eigenvalue weighted by molar-refractivity contribution is -0.124. The van der Waals surface area contributed by atoms with E-state index in [9.17, 15) is 4.79 Å². The molecule has 120 valence electrons. The number of pyridine rings is 1. The first-order valence-corrected chi connectivity index (χ1v) is 7.92. The van der Waals surface area contributed by atoms with Gasteiger partial charge in [0.1, 0.15) is 6.10 Å². The number of aromatic nitrogens is 1. The number of carbonyl (C=O) groups excluding carboxylic acids is 1. The Labute approximate surface area is 136 Å². The lowest BCUT2D eigenvalue weighted by Crippen LogP contribution is -2.26. The molecule has 1 unspecified atom stereocenters. The van der Waals surface area contributed by atoms with E-state index in [0.717, 1.165) is 42.7 Å². The largest absolute Gasteiger partial charge is 0.368 e. The van der Waals surface area contributed by atoms with Gasteiger partial charge in [-0.1, -0.05) is 18.2 Å². The van der Waals surface area contributed by atoms with Gasteiger partial charge in [0.25, 0.3) is 5.91 Å². The van der Waals surface area contributed by atoms with Gasteiger partial charge in [0.05, 0.1) is 0 Å². The van der Waals surface area contributed by atoms with E-state index in [1.807, 2.05) is 42.6 Å². The van der Waals surface area contributed by atoms with Gasteiger partial charge >= 0.3 is 0 Å². The Morgan fingerprint density at radius 1 is 1.22 bits per heavy atom. The van der Waals surface area contributed by atoms with E-state index in [4.69, 9.17) is 4.74 Å². The number of nitrogens with zero attached hydrogens (tertiary/aromatic N) is 1. The summed E-state index contributed by atoms with van der Waals surface area (Å²) < 4.78 is 5.40. The highest BCUT2D eigenvalue weighted by Gasteiger charge is 2.23. The molecule has 2 aromatic rings. The molecule has 0 aliphatic carbocycles. The summed E-state index contributed by atoms with van der Waals surface area (Å²) in [6, 6.07) is 11.8. The fourth-order valence-corrected chi connectivity index (χ4v) is 2.62. The molecule has 1 aromatic carbocycles. The second kappa shape index (κ2) is 7.85. The summed E-state index contributed by atoms with van der Waals surface area (Å²) >= 11 is 0. The lowest BCUT2D eigenvalue weighted by atomic mass is 10.1. The fraction of sp³-hybridized carbons (Fsp3) is 0.333. The second-order valence-corrected chi connectivity index (χ2v) is 5.66. The molecule has 1 aliphatic heterocycles. The third-order valence-corrected chi connectivity index (χ3v) is 3.80. The average Bonchev–Trinajstić information content (AvgIpc) is 3.11. The topological polar surface area (TPSA) is 63.2 Å². The van der Waals surface area contributed by atoms with Crippen LogP contribution in [0.3, 0.4) is 0 Å². The molecule has 0 radical (unpaired) electrons. The van der Waals surface area contributed by atoms with Gasteiger partial charge in [0.15, 0.2) is 0 Å². The molecule has 2 heterocycles. The molecule has 5 nitrogen and oxygen atoms in total. The predicted octanol–water partition coefficient (Wildman–Crippen LogP) is 2.49. The minimum Gasteiger partial charge on any atom is -0.368 e. The molecule has 0 bridgehead atoms. The van der Waals surface area contributed by atoms with Crippen molar-refractivity contribution in [2.75, 3.05) is 11.9 Å². The van der Waals surface area contributed by atoms with Crippen LogP contribution in [0.2, 0.25) is 0 Å². The van der Waals surface area contributed by atoms with Crippen molar-refractivity contribution in [1.29, 1.82) is 0 Å². The molecule has 23 heavy (non-hydrogen) atoms. The van der Waals surface area contributed by atoms with Gasteiger partial charge in [-0.25, -0.2) is 0 Å². The Kier molecular flexibility index (Phi) is 5.34. The van der Waals surface area contributed by atoms with Crippen LogP contribution in [0.15, 0.2) is 48.8 Å². The number of amides is 1. The highest BCUT2D eigenvalue weighted by Crippen LogP contribution is 2.16. The Bertz CT molecular complexity index is 640. The van der Waals surface area contributed by atoms with Crippen molar-refractivity contribution < 1.29 is 9.53 Å². The van der Waals surface area contributed by atoms with Crippen LogP contribution in [-0.4, -0.2) is 23.6 Å². The molecule has 1 aromatic heterocycles. The quantitative estimate of drug-likeness (QED) is 0.860. The Morgan fingerprint density at radius 3 is 2.87 bits per heavy atom. The molecule has 0 saturated carbocycles. The molecule has 1 saturated heterocycles. The molecule has 1 aliphatic rings. The third-order valence-electron chi connectivity index (χ3n) is 3.80. The SMILES string of the molecule is O=C(Nc1cccc(CNCc2cccnc2)c1)C1CCCO1. The van der Waals surface area contributed by atoms with Crippen LogP contribution in [0.4, 0.5) is 5.69 Å². The molecule has 0 spiro atoms. The van der Waals surface area contributed by atoms with E-state index in [-0.39, 0.29) is 12.0 Å². The number of hydrogen-bond donors (Lipinski definition) is 2. The smallest absolute Gasteiger partial charge is 0.253 e. The van der Waals surface area contributed by atoms with Gasteiger partial charge in [0, 0.05) is 37.8 Å². The highest BCUT2D eigenvalue weighted by molar-refractivity contribution is 5.94. The molecular weight excluding hydrogens is 290 g/mol. The van der Waals surface area contributed by atoms with Crippen LogP contribution < -0.4 is 10.6 Å². The molecule has 1 amide bonds. The van der Waals surface area contributed by atoms with Crippen molar-refractivity contribution >= 4 is 11.6 Å². The maximum atomic E-state index is 12.1. The van der Waals surface area contributed by atoms with Gasteiger partial charge in [0.2, 0.25) is 0 Å². The van der Waals surface area contributed by atoms with Crippen molar-refractivity contribution in [3.63, 3.8) is 0 Å². The minimum absolute atomic E-state index is 0.0528. The van der Waals surface area contributed by atoms with E-state index in [1.165, 1.54) is 0 Å². The summed E-state index contributed by atoms with van der Waals surface area (Å²) in [5.74, 6) is -0.0528. The summed E-state index contributed by atoms with van der Waals surface area (Å²) in [4.78, 5) is 16.2. The first-order chi connectivity index (χ1) is 11.3. The maximum absolute atomic E-state index is 12.1. The summed E-state index contributed by atoms with van der Waals surface area (Å²) in [5, 5.41) is 6.31. The summed E-state index contributed by atoms with van der Waals surface area (Å²) in [6.07, 6.45) is 5.08. The molecule has 3 rings (SSSR count). The number of benzene rings is 1. The molecule has 1 atom stereocenters. The van der Waals surface area contributed by atoms with Crippen LogP contribution in [-0.2, 0) is 22.6 Å². The summed E-state index contributed by atoms with van der Waals surface area (Å²) in [5.41, 5.74) is 3.08. The fourth-order valence-electron chi connectivity index (χ4n) is 2.62. The first-order valence-electron chi connectivity index (χ1n) is 7.92. The van der Waals surface area contributed by atoms with E-state index < -0.39 is 0 Å². The number of anilines is 1. The Balaban J connectivity index is 1.51. The van der Waals surface area contributed by atoms with E-state index in [0.29, 0.717) is 6.61 Å². The Hall–Kier alpha value is -2.24. The molecule has 2 N–H and O–H groups in total. The van der Waals surface area contributed by atoms with Gasteiger partial charge in [-0.3, -0.25) is 9.78 Å². The molecule has 5 heteroatoms. The zero-order valence-electron chi connectivity index (χ0n) is 13.0. The zero-order valence-corrected chi connectivity index (χ0v) is 13.0. The summed E-state index contributed by atoms with van der Waals surface area (Å²) in [7, 11) is 0. The number of ether oxygens (including phenoxy) is 1. The van der Waals surface area contributed by atoms with Crippen molar-refractivity contribution in [1.82, 2.24) is 10.3 Å². The van der Waals surface area contributed by atoms with Crippen molar-refractivity contribution in [2.24, 2.45) is 0 Å². The number of rotatable bonds is 6. The van der Waals surface area contributed by atoms with Crippen molar-refractivity contribution in [3.05, 3.63) is 59.9 Å². The third kappa shape index (κ3) is 4.61. The average molecular weight is 311 g/mol. The number of carbonyl (C=O) groups is 1. The summed E-state index contributed by atoms with van der Waals surface area (Å²) in [6.45, 7) is 2.18. The van der Waals surface area contributed by atoms with Crippen LogP contribution in [0.5, 0.6) is 0 Å². The minimum atomic E-state index is -0.303. The number of nitrogens with one attached hydrogen (secondary N) is 2. The van der Waals surface area contributed by atoms with E-state index in [1.54, 1.807) is 6.20 Å². The Morgan fingerprint density at radius 2 is 2.09 bits per heavy atom. The predicted molar refractivity (Wildman–Crippen MR) is 88.8 cm³/mol. The highest BCUT2D eigenvalue weighted by atomic mass is 16.5. The van der Waals surface area contributed by atoms with Crippen LogP contribution >= 0.6 is 0 Å². The molecular formula is C18H21N3O2. The lowest BCUT2D eigenvalue weighted by Gasteiger charge is -2.11. The van der Waals surface area contributed by atoms with Gasteiger partial charge in [-0.05, 0) is 42.2 Å². The van der Waals surface area contributed by atoms with Crippen LogP contribution in [0, 0.1) is 0 Å². The van der Waals surface area contributed by atoms with Gasteiger partial charge in [-0.2, -0.15) is 0 Å². The zero-order chi connectivity index (χ0) is 15.9. The second-order valence-electron chi connectivity index (χ2n) is 5.66. The number of hydrogen-bond acceptors (Lipinski definition) is 4.